The van der Waals surface area contributed by atoms with Crippen LogP contribution >= 0.6 is 0 Å². The van der Waals surface area contributed by atoms with Crippen LogP contribution in [0, 0.1) is 6.92 Å². The molecule has 0 radical (unpaired) electrons. The first-order valence-electron chi connectivity index (χ1n) is 9.12. The van der Waals surface area contributed by atoms with Crippen molar-refractivity contribution in [3.05, 3.63) is 78.4 Å². The normalized spacial score (nSPS) is 18.1. The molecule has 0 aliphatic carbocycles. The third-order valence-electron chi connectivity index (χ3n) is 4.79. The molecule has 4 nitrogen and oxygen atoms in total. The van der Waals surface area contributed by atoms with E-state index < -0.39 is 22.2 Å². The van der Waals surface area contributed by atoms with Gasteiger partial charge in [0.05, 0.1) is 22.7 Å². The van der Waals surface area contributed by atoms with Crippen LogP contribution in [0.2, 0.25) is 0 Å². The summed E-state index contributed by atoms with van der Waals surface area (Å²) in [6, 6.07) is 13.2. The van der Waals surface area contributed by atoms with Crippen molar-refractivity contribution in [2.75, 3.05) is 4.31 Å². The Morgan fingerprint density at radius 3 is 2.52 bits per heavy atom. The fourth-order valence-corrected chi connectivity index (χ4v) is 5.02. The molecule has 2 aromatic carbocycles. The van der Waals surface area contributed by atoms with Crippen molar-refractivity contribution in [3.63, 3.8) is 0 Å². The third-order valence-corrected chi connectivity index (χ3v) is 6.60. The maximum Gasteiger partial charge on any atom is 0.265 e. The predicted molar refractivity (Wildman–Crippen MR) is 110 cm³/mol. The molecule has 0 fully saturated rings. The number of allylic oxidation sites excluding steroid dienone is 1. The van der Waals surface area contributed by atoms with Gasteiger partial charge in [0.15, 0.2) is 0 Å². The van der Waals surface area contributed by atoms with Crippen molar-refractivity contribution in [2.24, 2.45) is 0 Å². The summed E-state index contributed by atoms with van der Waals surface area (Å²) in [4.78, 5) is 0.201. The van der Waals surface area contributed by atoms with E-state index in [0.29, 0.717) is 11.3 Å². The van der Waals surface area contributed by atoms with Crippen molar-refractivity contribution in [1.29, 1.82) is 0 Å². The van der Waals surface area contributed by atoms with Gasteiger partial charge in [-0.3, -0.25) is 4.31 Å². The Hall–Kier alpha value is -2.37. The van der Waals surface area contributed by atoms with E-state index in [1.807, 2.05) is 25.1 Å². The molecule has 1 aliphatic heterocycles. The van der Waals surface area contributed by atoms with Crippen molar-refractivity contribution in [3.8, 4) is 0 Å². The zero-order valence-electron chi connectivity index (χ0n) is 15.7. The summed E-state index contributed by atoms with van der Waals surface area (Å²) < 4.78 is 28.2. The second-order valence-corrected chi connectivity index (χ2v) is 8.62. The lowest BCUT2D eigenvalue weighted by Crippen LogP contribution is -2.43. The molecule has 0 bridgehead atoms. The average molecular weight is 384 g/mol. The summed E-state index contributed by atoms with van der Waals surface area (Å²) in [6.07, 6.45) is 4.37. The van der Waals surface area contributed by atoms with Crippen LogP contribution in [0.3, 0.4) is 0 Å². The number of nitrogens with zero attached hydrogens (tertiary/aromatic N) is 1. The first-order chi connectivity index (χ1) is 12.9. The van der Waals surface area contributed by atoms with Gasteiger partial charge in [0.1, 0.15) is 0 Å². The predicted octanol–water partition coefficient (Wildman–Crippen LogP) is 4.30. The van der Waals surface area contributed by atoms with Gasteiger partial charge < -0.3 is 5.11 Å². The molecule has 0 unspecified atom stereocenters. The number of anilines is 1. The number of fused-ring (bicyclic) bond motifs is 1. The number of para-hydroxylation sites is 1. The summed E-state index contributed by atoms with van der Waals surface area (Å²) in [5, 5.41) is 10.8. The maximum atomic E-state index is 13.4. The Bertz CT molecular complexity index is 961. The van der Waals surface area contributed by atoms with Crippen LogP contribution in [0.1, 0.15) is 30.9 Å². The number of rotatable bonds is 6. The van der Waals surface area contributed by atoms with E-state index >= 15 is 0 Å². The molecule has 0 amide bonds. The van der Waals surface area contributed by atoms with Crippen LogP contribution < -0.4 is 4.31 Å². The molecule has 5 heteroatoms. The molecule has 27 heavy (non-hydrogen) atoms. The largest absolute Gasteiger partial charge is 0.386 e. The highest BCUT2D eigenvalue weighted by Gasteiger charge is 2.43. The molecule has 1 aliphatic rings. The summed E-state index contributed by atoms with van der Waals surface area (Å²) in [5.74, 6) is 0. The van der Waals surface area contributed by atoms with Gasteiger partial charge in [0, 0.05) is 5.56 Å². The van der Waals surface area contributed by atoms with Gasteiger partial charge in [-0.05, 0) is 37.1 Å². The van der Waals surface area contributed by atoms with Gasteiger partial charge in [-0.1, -0.05) is 68.0 Å². The monoisotopic (exact) mass is 383 g/mol. The first kappa shape index (κ1) is 19.4. The highest BCUT2D eigenvalue weighted by Crippen LogP contribution is 2.44. The van der Waals surface area contributed by atoms with Crippen LogP contribution in [-0.4, -0.2) is 25.7 Å². The van der Waals surface area contributed by atoms with Crippen molar-refractivity contribution in [2.45, 2.75) is 43.7 Å². The Kier molecular flexibility index (Phi) is 5.53. The molecule has 0 spiro atoms. The number of hydrogen-bond donors (Lipinski definition) is 1. The van der Waals surface area contributed by atoms with Crippen molar-refractivity contribution >= 4 is 21.3 Å². The second kappa shape index (κ2) is 7.71. The second-order valence-electron chi connectivity index (χ2n) is 6.81. The lowest BCUT2D eigenvalue weighted by atomic mass is 10.00. The summed E-state index contributed by atoms with van der Waals surface area (Å²) in [7, 11) is -3.85. The maximum absolute atomic E-state index is 13.4. The van der Waals surface area contributed by atoms with Crippen molar-refractivity contribution < 1.29 is 13.5 Å². The standard InChI is InChI=1S/C22H25NO3S/c1-4-5-6-11-21(24)22-17(3)19-9-7-8-10-20(19)23(22)27(25,26)18-14-12-16(2)13-15-18/h6-15,21-22,24H,3-5H2,1-2H3/b11-6+/t21-,22-/m1/s1. The van der Waals surface area contributed by atoms with E-state index in [1.54, 1.807) is 42.5 Å². The molecule has 2 atom stereocenters. The fourth-order valence-electron chi connectivity index (χ4n) is 3.34. The van der Waals surface area contributed by atoms with Crippen LogP contribution in [0.4, 0.5) is 5.69 Å². The van der Waals surface area contributed by atoms with Gasteiger partial charge in [0.2, 0.25) is 0 Å². The van der Waals surface area contributed by atoms with E-state index in [4.69, 9.17) is 0 Å². The summed E-state index contributed by atoms with van der Waals surface area (Å²) in [5.41, 5.74) is 2.89. The minimum Gasteiger partial charge on any atom is -0.386 e. The molecule has 0 aromatic heterocycles. The summed E-state index contributed by atoms with van der Waals surface area (Å²) in [6.45, 7) is 8.06. The molecule has 2 aromatic rings. The molecule has 0 saturated heterocycles. The number of unbranched alkanes of at least 4 members (excludes halogenated alkanes) is 1. The molecular weight excluding hydrogens is 358 g/mol. The quantitative estimate of drug-likeness (QED) is 0.757. The van der Waals surface area contributed by atoms with Crippen molar-refractivity contribution in [1.82, 2.24) is 0 Å². The minimum atomic E-state index is -3.85. The Balaban J connectivity index is 2.10. The molecule has 142 valence electrons. The smallest absolute Gasteiger partial charge is 0.265 e. The SMILES string of the molecule is C=C1c2ccccc2N(S(=O)(=O)c2ccc(C)cc2)[C@H]1[C@H](O)/C=C/CCC. The van der Waals surface area contributed by atoms with Gasteiger partial charge in [-0.2, -0.15) is 0 Å². The van der Waals surface area contributed by atoms with E-state index in [2.05, 4.69) is 13.5 Å². The van der Waals surface area contributed by atoms with Crippen LogP contribution in [0.15, 0.2) is 72.2 Å². The fraction of sp³-hybridized carbons (Fsp3) is 0.273. The molecule has 1 heterocycles. The van der Waals surface area contributed by atoms with Gasteiger partial charge in [0.25, 0.3) is 10.0 Å². The Morgan fingerprint density at radius 2 is 1.85 bits per heavy atom. The Labute approximate surface area is 161 Å². The number of aliphatic hydroxyl groups is 1. The van der Waals surface area contributed by atoms with Crippen LogP contribution in [-0.2, 0) is 10.0 Å². The van der Waals surface area contributed by atoms with E-state index in [9.17, 15) is 13.5 Å². The Morgan fingerprint density at radius 1 is 1.19 bits per heavy atom. The zero-order valence-corrected chi connectivity index (χ0v) is 16.5. The van der Waals surface area contributed by atoms with Gasteiger partial charge in [-0.15, -0.1) is 0 Å². The summed E-state index contributed by atoms with van der Waals surface area (Å²) >= 11 is 0. The number of aliphatic hydroxyl groups excluding tert-OH is 1. The first-order valence-corrected chi connectivity index (χ1v) is 10.6. The van der Waals surface area contributed by atoms with E-state index in [-0.39, 0.29) is 4.90 Å². The number of benzene rings is 2. The highest BCUT2D eigenvalue weighted by molar-refractivity contribution is 7.93. The number of aryl methyl sites for hydroxylation is 1. The average Bonchev–Trinajstić information content (AvgIpc) is 2.96. The molecular formula is C22H25NO3S. The van der Waals surface area contributed by atoms with E-state index in [1.165, 1.54) is 4.31 Å². The lowest BCUT2D eigenvalue weighted by molar-refractivity contribution is 0.214. The third kappa shape index (κ3) is 3.57. The van der Waals surface area contributed by atoms with Gasteiger partial charge >= 0.3 is 0 Å². The van der Waals surface area contributed by atoms with Crippen LogP contribution in [0.5, 0.6) is 0 Å². The number of sulfonamides is 1. The highest BCUT2D eigenvalue weighted by atomic mass is 32.2. The molecule has 1 N–H and O–H groups in total. The van der Waals surface area contributed by atoms with E-state index in [0.717, 1.165) is 24.0 Å². The topological polar surface area (TPSA) is 57.6 Å². The van der Waals surface area contributed by atoms with Gasteiger partial charge in [-0.25, -0.2) is 8.42 Å². The molecule has 3 rings (SSSR count). The zero-order chi connectivity index (χ0) is 19.6. The van der Waals surface area contributed by atoms with Crippen LogP contribution in [0.25, 0.3) is 5.57 Å². The number of hydrogen-bond acceptors (Lipinski definition) is 3. The molecule has 0 saturated carbocycles. The minimum absolute atomic E-state index is 0.201. The lowest BCUT2D eigenvalue weighted by Gasteiger charge is -2.29.